The number of aryl methyl sites for hydroxylation is 1. The summed E-state index contributed by atoms with van der Waals surface area (Å²) in [7, 11) is 0. The second kappa shape index (κ2) is 5.30. The molecule has 0 aromatic carbocycles. The maximum atomic E-state index is 11.9. The van der Waals surface area contributed by atoms with Crippen LogP contribution in [0, 0.1) is 6.92 Å². The summed E-state index contributed by atoms with van der Waals surface area (Å²) in [5.74, 6) is -1.29. The smallest absolute Gasteiger partial charge is 0.325 e. The van der Waals surface area contributed by atoms with Gasteiger partial charge in [-0.25, -0.2) is 0 Å². The molecule has 7 nitrogen and oxygen atoms in total. The van der Waals surface area contributed by atoms with E-state index in [0.29, 0.717) is 11.3 Å². The molecule has 0 aliphatic rings. The second-order valence-electron chi connectivity index (χ2n) is 3.96. The number of carboxylic acids is 1. The Morgan fingerprint density at radius 1 is 1.47 bits per heavy atom. The molecule has 0 atom stereocenters. The van der Waals surface area contributed by atoms with Gasteiger partial charge < -0.3 is 10.4 Å². The van der Waals surface area contributed by atoms with Gasteiger partial charge >= 0.3 is 5.97 Å². The Balaban J connectivity index is 2.06. The summed E-state index contributed by atoms with van der Waals surface area (Å²) in [6.07, 6.45) is 4.41. The zero-order valence-electron chi connectivity index (χ0n) is 10.2. The van der Waals surface area contributed by atoms with Crippen molar-refractivity contribution in [1.82, 2.24) is 14.8 Å². The molecular weight excluding hydrogens is 248 g/mol. The van der Waals surface area contributed by atoms with Gasteiger partial charge in [0.2, 0.25) is 0 Å². The number of aromatic nitrogens is 3. The normalized spacial score (nSPS) is 10.2. The fraction of sp³-hybridized carbons (Fsp3) is 0.167. The molecule has 1 amide bonds. The van der Waals surface area contributed by atoms with Gasteiger partial charge in [-0.05, 0) is 19.1 Å². The molecule has 2 heterocycles. The van der Waals surface area contributed by atoms with Crippen LogP contribution in [0.3, 0.4) is 0 Å². The maximum absolute atomic E-state index is 11.9. The maximum Gasteiger partial charge on any atom is 0.325 e. The predicted molar refractivity (Wildman–Crippen MR) is 66.8 cm³/mol. The number of hydrogen-bond donors (Lipinski definition) is 2. The number of pyridine rings is 1. The molecule has 2 aromatic heterocycles. The number of carbonyl (C=O) groups excluding carboxylic acids is 1. The molecule has 0 unspecified atom stereocenters. The molecule has 0 spiro atoms. The van der Waals surface area contributed by atoms with Gasteiger partial charge in [0.25, 0.3) is 5.91 Å². The molecule has 0 fully saturated rings. The highest BCUT2D eigenvalue weighted by atomic mass is 16.4. The number of hydrogen-bond acceptors (Lipinski definition) is 4. The van der Waals surface area contributed by atoms with Gasteiger partial charge in [0.15, 0.2) is 0 Å². The zero-order chi connectivity index (χ0) is 13.8. The molecule has 0 saturated heterocycles. The predicted octanol–water partition coefficient (Wildman–Crippen LogP) is 0.923. The molecule has 0 aliphatic heterocycles. The van der Waals surface area contributed by atoms with E-state index in [0.717, 1.165) is 5.69 Å². The fourth-order valence-corrected chi connectivity index (χ4v) is 1.54. The number of rotatable bonds is 4. The highest BCUT2D eigenvalue weighted by Gasteiger charge is 2.08. The van der Waals surface area contributed by atoms with Gasteiger partial charge in [0, 0.05) is 23.7 Å². The minimum Gasteiger partial charge on any atom is -0.480 e. The summed E-state index contributed by atoms with van der Waals surface area (Å²) in [6.45, 7) is 1.55. The number of amides is 1. The molecule has 7 heteroatoms. The van der Waals surface area contributed by atoms with Gasteiger partial charge in [-0.3, -0.25) is 19.3 Å². The topological polar surface area (TPSA) is 97.1 Å². The number of aliphatic carboxylic acids is 1. The van der Waals surface area contributed by atoms with Crippen LogP contribution < -0.4 is 5.32 Å². The van der Waals surface area contributed by atoms with E-state index in [1.165, 1.54) is 17.1 Å². The Morgan fingerprint density at radius 3 is 2.95 bits per heavy atom. The van der Waals surface area contributed by atoms with Crippen molar-refractivity contribution in [3.05, 3.63) is 42.0 Å². The zero-order valence-corrected chi connectivity index (χ0v) is 10.2. The van der Waals surface area contributed by atoms with E-state index in [2.05, 4.69) is 15.4 Å². The van der Waals surface area contributed by atoms with Crippen LogP contribution in [0.4, 0.5) is 5.69 Å². The monoisotopic (exact) mass is 260 g/mol. The number of nitrogens with one attached hydrogen (secondary N) is 1. The number of nitrogens with zero attached hydrogens (tertiary/aromatic N) is 3. The Kier molecular flexibility index (Phi) is 3.56. The van der Waals surface area contributed by atoms with Crippen molar-refractivity contribution >= 4 is 17.6 Å². The quantitative estimate of drug-likeness (QED) is 0.852. The van der Waals surface area contributed by atoms with Crippen LogP contribution in [0.15, 0.2) is 30.7 Å². The Hall–Kier alpha value is -2.70. The van der Waals surface area contributed by atoms with E-state index in [1.54, 1.807) is 25.3 Å². The van der Waals surface area contributed by atoms with Crippen molar-refractivity contribution in [1.29, 1.82) is 0 Å². The standard InChI is InChI=1S/C12H12N4O3/c1-8-4-9(2-3-13-8)12(19)15-10-5-14-16(6-10)7-11(17)18/h2-6H,7H2,1H3,(H,15,19)(H,17,18). The largest absolute Gasteiger partial charge is 0.480 e. The average Bonchev–Trinajstić information content (AvgIpc) is 2.75. The van der Waals surface area contributed by atoms with Crippen molar-refractivity contribution in [3.8, 4) is 0 Å². The molecule has 0 aliphatic carbocycles. The molecule has 2 N–H and O–H groups in total. The van der Waals surface area contributed by atoms with Crippen molar-refractivity contribution in [2.45, 2.75) is 13.5 Å². The van der Waals surface area contributed by atoms with Crippen LogP contribution >= 0.6 is 0 Å². The molecule has 19 heavy (non-hydrogen) atoms. The van der Waals surface area contributed by atoms with E-state index in [9.17, 15) is 9.59 Å². The Bertz CT molecular complexity index is 621. The lowest BCUT2D eigenvalue weighted by Crippen LogP contribution is -2.12. The fourth-order valence-electron chi connectivity index (χ4n) is 1.54. The third-order valence-electron chi connectivity index (χ3n) is 2.35. The number of carboxylic acid groups (broad SMARTS) is 1. The first-order valence-corrected chi connectivity index (χ1v) is 5.53. The number of carbonyl (C=O) groups is 2. The molecule has 0 bridgehead atoms. The molecule has 0 saturated carbocycles. The molecule has 0 radical (unpaired) electrons. The highest BCUT2D eigenvalue weighted by Crippen LogP contribution is 2.08. The summed E-state index contributed by atoms with van der Waals surface area (Å²) < 4.78 is 1.23. The first kappa shape index (κ1) is 12.7. The molecule has 2 rings (SSSR count). The Labute approximate surface area is 108 Å². The van der Waals surface area contributed by atoms with Gasteiger partial charge in [-0.1, -0.05) is 0 Å². The minimum absolute atomic E-state index is 0.246. The van der Waals surface area contributed by atoms with E-state index in [4.69, 9.17) is 5.11 Å². The van der Waals surface area contributed by atoms with E-state index in [-0.39, 0.29) is 12.5 Å². The highest BCUT2D eigenvalue weighted by molar-refractivity contribution is 6.04. The first-order valence-electron chi connectivity index (χ1n) is 5.53. The lowest BCUT2D eigenvalue weighted by atomic mass is 10.2. The van der Waals surface area contributed by atoms with Crippen molar-refractivity contribution in [2.75, 3.05) is 5.32 Å². The average molecular weight is 260 g/mol. The summed E-state index contributed by atoms with van der Waals surface area (Å²) in [4.78, 5) is 26.4. The molecular formula is C12H12N4O3. The number of anilines is 1. The lowest BCUT2D eigenvalue weighted by molar-refractivity contribution is -0.137. The van der Waals surface area contributed by atoms with Gasteiger partial charge in [0.05, 0.1) is 11.9 Å². The van der Waals surface area contributed by atoms with Gasteiger partial charge in [-0.15, -0.1) is 0 Å². The summed E-state index contributed by atoms with van der Waals surface area (Å²) in [5.41, 5.74) is 1.67. The summed E-state index contributed by atoms with van der Waals surface area (Å²) in [5, 5.41) is 15.1. The van der Waals surface area contributed by atoms with Crippen molar-refractivity contribution < 1.29 is 14.7 Å². The third-order valence-corrected chi connectivity index (χ3v) is 2.35. The summed E-state index contributed by atoms with van der Waals surface area (Å²) in [6, 6.07) is 3.26. The minimum atomic E-state index is -0.995. The van der Waals surface area contributed by atoms with E-state index < -0.39 is 5.97 Å². The first-order chi connectivity index (χ1) is 9.04. The van der Waals surface area contributed by atoms with E-state index >= 15 is 0 Å². The van der Waals surface area contributed by atoms with Crippen molar-refractivity contribution in [2.24, 2.45) is 0 Å². The van der Waals surface area contributed by atoms with Crippen LogP contribution in [-0.4, -0.2) is 31.7 Å². The van der Waals surface area contributed by atoms with Crippen LogP contribution in [-0.2, 0) is 11.3 Å². The van der Waals surface area contributed by atoms with Crippen LogP contribution in [0.5, 0.6) is 0 Å². The third kappa shape index (κ3) is 3.38. The van der Waals surface area contributed by atoms with Gasteiger partial charge in [0.1, 0.15) is 6.54 Å². The van der Waals surface area contributed by atoms with E-state index in [1.807, 2.05) is 0 Å². The SMILES string of the molecule is Cc1cc(C(=O)Nc2cnn(CC(=O)O)c2)ccn1. The van der Waals surface area contributed by atoms with Crippen LogP contribution in [0.2, 0.25) is 0 Å². The lowest BCUT2D eigenvalue weighted by Gasteiger charge is -2.02. The van der Waals surface area contributed by atoms with Crippen molar-refractivity contribution in [3.63, 3.8) is 0 Å². The second-order valence-corrected chi connectivity index (χ2v) is 3.96. The van der Waals surface area contributed by atoms with Crippen LogP contribution in [0.1, 0.15) is 16.1 Å². The molecule has 2 aromatic rings. The Morgan fingerprint density at radius 2 is 2.26 bits per heavy atom. The van der Waals surface area contributed by atoms with Gasteiger partial charge in [-0.2, -0.15) is 5.10 Å². The summed E-state index contributed by atoms with van der Waals surface area (Å²) >= 11 is 0. The van der Waals surface area contributed by atoms with Crippen LogP contribution in [0.25, 0.3) is 0 Å². The molecule has 98 valence electrons.